The molecule has 0 aromatic carbocycles. The van der Waals surface area contributed by atoms with E-state index >= 15 is 0 Å². The Labute approximate surface area is 200 Å². The number of carbonyl (C=O) groups excluding carboxylic acids is 2. The molecule has 3 fully saturated rings. The summed E-state index contributed by atoms with van der Waals surface area (Å²) in [7, 11) is 0. The van der Waals surface area contributed by atoms with Crippen molar-refractivity contribution >= 4 is 41.4 Å². The molecule has 6 rings (SSSR count). The van der Waals surface area contributed by atoms with Crippen LogP contribution in [0.2, 0.25) is 0 Å². The summed E-state index contributed by atoms with van der Waals surface area (Å²) in [5, 5.41) is 15.8. The monoisotopic (exact) mass is 476 g/mol. The molecule has 5 heterocycles. The van der Waals surface area contributed by atoms with Crippen molar-refractivity contribution in [1.82, 2.24) is 35.2 Å². The lowest BCUT2D eigenvalue weighted by Crippen LogP contribution is -2.37. The molecule has 0 atom stereocenters. The molecule has 13 nitrogen and oxygen atoms in total. The minimum Gasteiger partial charge on any atom is -0.378 e. The fraction of sp³-hybridized carbons (Fsp3) is 0.364. The zero-order chi connectivity index (χ0) is 23.8. The van der Waals surface area contributed by atoms with Gasteiger partial charge in [-0.2, -0.15) is 19.6 Å². The fourth-order valence-electron chi connectivity index (χ4n) is 4.02. The molecule has 3 amide bonds. The summed E-state index contributed by atoms with van der Waals surface area (Å²) in [4.78, 5) is 39.6. The van der Waals surface area contributed by atoms with Crippen molar-refractivity contribution < 1.29 is 14.3 Å². The number of fused-ring (bicyclic) bond motifs is 1. The van der Waals surface area contributed by atoms with Crippen molar-refractivity contribution in [3.63, 3.8) is 0 Å². The quantitative estimate of drug-likeness (QED) is 0.284. The maximum absolute atomic E-state index is 12.0. The summed E-state index contributed by atoms with van der Waals surface area (Å²) in [5.41, 5.74) is 2.25. The highest BCUT2D eigenvalue weighted by molar-refractivity contribution is 6.14. The number of nitrogens with zero attached hydrogens (tertiary/aromatic N) is 6. The molecule has 1 saturated carbocycles. The van der Waals surface area contributed by atoms with Crippen molar-refractivity contribution in [1.29, 1.82) is 0 Å². The number of nitrogens with one attached hydrogen (secondary N) is 4. The highest BCUT2D eigenvalue weighted by Gasteiger charge is 2.26. The van der Waals surface area contributed by atoms with Gasteiger partial charge in [-0.25, -0.2) is 9.78 Å². The Morgan fingerprint density at radius 2 is 2.03 bits per heavy atom. The van der Waals surface area contributed by atoms with E-state index in [2.05, 4.69) is 46.2 Å². The zero-order valence-corrected chi connectivity index (χ0v) is 18.8. The van der Waals surface area contributed by atoms with Crippen molar-refractivity contribution in [3.05, 3.63) is 41.4 Å². The van der Waals surface area contributed by atoms with E-state index < -0.39 is 11.9 Å². The van der Waals surface area contributed by atoms with Crippen LogP contribution in [-0.2, 0) is 16.1 Å². The lowest BCUT2D eigenvalue weighted by molar-refractivity contribution is -0.115. The average Bonchev–Trinajstić information content (AvgIpc) is 3.51. The molecular formula is C22H24N10O3. The summed E-state index contributed by atoms with van der Waals surface area (Å²) in [5.74, 6) is 1.39. The molecule has 0 spiro atoms. The first-order chi connectivity index (χ1) is 17.1. The number of rotatable bonds is 7. The van der Waals surface area contributed by atoms with Gasteiger partial charge in [-0.3, -0.25) is 10.1 Å². The van der Waals surface area contributed by atoms with Crippen LogP contribution in [0.4, 0.5) is 22.5 Å². The number of hydrogen-bond donors (Lipinski definition) is 4. The van der Waals surface area contributed by atoms with Gasteiger partial charge in [0.1, 0.15) is 11.5 Å². The predicted octanol–water partition coefficient (Wildman–Crippen LogP) is 0.723. The molecule has 3 aromatic heterocycles. The zero-order valence-electron chi connectivity index (χ0n) is 18.8. The van der Waals surface area contributed by atoms with Crippen LogP contribution in [0.3, 0.4) is 0 Å². The topological polar surface area (TPSA) is 151 Å². The Hall–Kier alpha value is -4.26. The molecule has 13 heteroatoms. The normalized spacial score (nSPS) is 19.2. The van der Waals surface area contributed by atoms with Gasteiger partial charge in [-0.15, -0.1) is 0 Å². The second-order valence-electron chi connectivity index (χ2n) is 8.53. The summed E-state index contributed by atoms with van der Waals surface area (Å²) in [6, 6.07) is 3.73. The SMILES string of the molecule is O=C1NC(=O)/C(=C/c2cnn3c(NC4CC4)nc(NCc4cccnc4N4CCOCC4)nc23)N1. The summed E-state index contributed by atoms with van der Waals surface area (Å²) in [6.45, 7) is 3.41. The van der Waals surface area contributed by atoms with E-state index in [4.69, 9.17) is 4.74 Å². The lowest BCUT2D eigenvalue weighted by Gasteiger charge is -2.29. The van der Waals surface area contributed by atoms with E-state index in [0.29, 0.717) is 48.9 Å². The Morgan fingerprint density at radius 3 is 2.80 bits per heavy atom. The number of urea groups is 1. The number of pyridine rings is 1. The van der Waals surface area contributed by atoms with Crippen LogP contribution in [0.15, 0.2) is 30.2 Å². The van der Waals surface area contributed by atoms with E-state index in [1.165, 1.54) is 0 Å². The molecule has 2 aliphatic heterocycles. The van der Waals surface area contributed by atoms with Crippen LogP contribution in [-0.4, -0.2) is 68.8 Å². The summed E-state index contributed by atoms with van der Waals surface area (Å²) >= 11 is 0. The van der Waals surface area contributed by atoms with Crippen molar-refractivity contribution in [2.24, 2.45) is 0 Å². The van der Waals surface area contributed by atoms with Gasteiger partial charge >= 0.3 is 6.03 Å². The number of anilines is 3. The Balaban J connectivity index is 1.31. The Morgan fingerprint density at radius 1 is 1.17 bits per heavy atom. The maximum atomic E-state index is 12.0. The van der Waals surface area contributed by atoms with Gasteiger partial charge in [0.25, 0.3) is 5.91 Å². The van der Waals surface area contributed by atoms with Crippen LogP contribution in [0.5, 0.6) is 0 Å². The highest BCUT2D eigenvalue weighted by atomic mass is 16.5. The number of ether oxygens (including phenoxy) is 1. The van der Waals surface area contributed by atoms with E-state index in [0.717, 1.165) is 37.3 Å². The molecule has 180 valence electrons. The molecule has 4 N–H and O–H groups in total. The van der Waals surface area contributed by atoms with Gasteiger partial charge in [0, 0.05) is 43.0 Å². The maximum Gasteiger partial charge on any atom is 0.326 e. The molecule has 0 unspecified atom stereocenters. The number of aromatic nitrogens is 5. The van der Waals surface area contributed by atoms with E-state index in [1.807, 2.05) is 12.1 Å². The van der Waals surface area contributed by atoms with Gasteiger partial charge < -0.3 is 25.6 Å². The smallest absolute Gasteiger partial charge is 0.326 e. The molecular weight excluding hydrogens is 452 g/mol. The van der Waals surface area contributed by atoms with E-state index in [9.17, 15) is 9.59 Å². The molecule has 35 heavy (non-hydrogen) atoms. The minimum atomic E-state index is -0.557. The third kappa shape index (κ3) is 4.45. The number of carbonyl (C=O) groups is 2. The second-order valence-corrected chi connectivity index (χ2v) is 8.53. The van der Waals surface area contributed by atoms with E-state index in [-0.39, 0.29) is 5.70 Å². The molecule has 3 aromatic rings. The average molecular weight is 477 g/mol. The largest absolute Gasteiger partial charge is 0.378 e. The third-order valence-corrected chi connectivity index (χ3v) is 5.94. The second kappa shape index (κ2) is 8.83. The van der Waals surface area contributed by atoms with Crippen LogP contribution >= 0.6 is 0 Å². The first-order valence-corrected chi connectivity index (χ1v) is 11.5. The van der Waals surface area contributed by atoms with Crippen LogP contribution in [0, 0.1) is 0 Å². The number of morpholine rings is 1. The van der Waals surface area contributed by atoms with Gasteiger partial charge in [0.05, 0.1) is 19.4 Å². The number of hydrogen-bond acceptors (Lipinski definition) is 10. The number of imide groups is 1. The lowest BCUT2D eigenvalue weighted by atomic mass is 10.2. The van der Waals surface area contributed by atoms with E-state index in [1.54, 1.807) is 23.0 Å². The molecule has 3 aliphatic rings. The molecule has 0 bridgehead atoms. The summed E-state index contributed by atoms with van der Waals surface area (Å²) in [6.07, 6.45) is 7.07. The molecule has 0 radical (unpaired) electrons. The highest BCUT2D eigenvalue weighted by Crippen LogP contribution is 2.26. The van der Waals surface area contributed by atoms with Crippen molar-refractivity contribution in [3.8, 4) is 0 Å². The van der Waals surface area contributed by atoms with Gasteiger partial charge in [0.15, 0.2) is 5.65 Å². The summed E-state index contributed by atoms with van der Waals surface area (Å²) < 4.78 is 7.08. The van der Waals surface area contributed by atoms with Gasteiger partial charge in [0.2, 0.25) is 11.9 Å². The van der Waals surface area contributed by atoms with Gasteiger partial charge in [-0.05, 0) is 25.0 Å². The first kappa shape index (κ1) is 21.3. The van der Waals surface area contributed by atoms with Crippen LogP contribution in [0.25, 0.3) is 11.7 Å². The Bertz CT molecular complexity index is 1330. The molecule has 1 aliphatic carbocycles. The fourth-order valence-corrected chi connectivity index (χ4v) is 4.02. The number of amides is 3. The van der Waals surface area contributed by atoms with Crippen molar-refractivity contribution in [2.45, 2.75) is 25.4 Å². The molecule has 2 saturated heterocycles. The van der Waals surface area contributed by atoms with Crippen LogP contribution in [0.1, 0.15) is 24.0 Å². The predicted molar refractivity (Wildman–Crippen MR) is 127 cm³/mol. The van der Waals surface area contributed by atoms with Crippen molar-refractivity contribution in [2.75, 3.05) is 41.8 Å². The minimum absolute atomic E-state index is 0.139. The Kier molecular flexibility index (Phi) is 5.37. The van der Waals surface area contributed by atoms with Gasteiger partial charge in [-0.1, -0.05) is 6.07 Å². The third-order valence-electron chi connectivity index (χ3n) is 5.94. The van der Waals surface area contributed by atoms with Crippen LogP contribution < -0.4 is 26.2 Å². The first-order valence-electron chi connectivity index (χ1n) is 11.5. The standard InChI is InChI=1S/C22H24N10O3/c33-19-16(27-22(34)29-19)10-14-12-25-32-18(14)28-20(30-21(32)26-15-3-4-15)24-11-13-2-1-5-23-17(13)31-6-8-35-9-7-31/h1-2,5,10,12,15H,3-4,6-9,11H2,(H2,24,26,28,30)(H2,27,29,33,34)/b16-10-.